The number of halogens is 2. The van der Waals surface area contributed by atoms with Crippen molar-refractivity contribution in [2.75, 3.05) is 0 Å². The van der Waals surface area contributed by atoms with Gasteiger partial charge in [-0.25, -0.2) is 4.68 Å². The number of hydrogen-bond donors (Lipinski definition) is 0. The fourth-order valence-electron chi connectivity index (χ4n) is 1.36. The van der Waals surface area contributed by atoms with Gasteiger partial charge in [-0.15, -0.1) is 10.2 Å². The minimum Gasteiger partial charge on any atom is -0.202 e. The highest BCUT2D eigenvalue weighted by Gasteiger charge is 2.02. The monoisotopic (exact) mass is 268 g/mol. The van der Waals surface area contributed by atoms with Gasteiger partial charge < -0.3 is 0 Å². The van der Waals surface area contributed by atoms with Crippen molar-refractivity contribution in [1.82, 2.24) is 14.9 Å². The second-order valence-corrected chi connectivity index (χ2v) is 4.36. The van der Waals surface area contributed by atoms with Crippen LogP contribution in [0, 0.1) is 13.8 Å². The molecule has 17 heavy (non-hydrogen) atoms. The molecule has 0 spiro atoms. The number of nitrogens with zero attached hydrogens (tertiary/aromatic N) is 4. The molecule has 0 N–H and O–H groups in total. The first-order valence-corrected chi connectivity index (χ1v) is 5.71. The topological polar surface area (TPSA) is 43.1 Å². The Bertz CT molecular complexity index is 555. The fraction of sp³-hybridized carbons (Fsp3) is 0.182. The van der Waals surface area contributed by atoms with Crippen molar-refractivity contribution in [1.29, 1.82) is 0 Å². The van der Waals surface area contributed by atoms with Crippen LogP contribution in [0.1, 0.15) is 17.2 Å². The van der Waals surface area contributed by atoms with Crippen LogP contribution in [-0.4, -0.2) is 21.1 Å². The summed E-state index contributed by atoms with van der Waals surface area (Å²) in [5.74, 6) is 1.45. The van der Waals surface area contributed by atoms with Crippen LogP contribution in [0.4, 0.5) is 0 Å². The van der Waals surface area contributed by atoms with E-state index in [0.29, 0.717) is 10.0 Å². The van der Waals surface area contributed by atoms with Gasteiger partial charge >= 0.3 is 0 Å². The maximum Gasteiger partial charge on any atom is 0.151 e. The summed E-state index contributed by atoms with van der Waals surface area (Å²) in [5, 5.41) is 13.2. The third-order valence-corrected chi connectivity index (χ3v) is 2.79. The molecule has 2 aromatic rings. The number of rotatable bonds is 2. The highest BCUT2D eigenvalue weighted by molar-refractivity contribution is 6.36. The summed E-state index contributed by atoms with van der Waals surface area (Å²) in [6.07, 6.45) is 1.65. The molecule has 1 aromatic heterocycles. The fourth-order valence-corrected chi connectivity index (χ4v) is 1.81. The van der Waals surface area contributed by atoms with E-state index in [1.165, 1.54) is 0 Å². The molecule has 4 nitrogen and oxygen atoms in total. The molecule has 2 rings (SSSR count). The smallest absolute Gasteiger partial charge is 0.151 e. The maximum absolute atomic E-state index is 6.03. The molecule has 0 fully saturated rings. The molecule has 0 amide bonds. The van der Waals surface area contributed by atoms with Crippen molar-refractivity contribution in [3.05, 3.63) is 45.5 Å². The molecular weight excluding hydrogens is 259 g/mol. The number of benzene rings is 1. The van der Waals surface area contributed by atoms with Crippen molar-refractivity contribution in [2.45, 2.75) is 13.8 Å². The predicted molar refractivity (Wildman–Crippen MR) is 69.0 cm³/mol. The first kappa shape index (κ1) is 12.1. The molecule has 0 radical (unpaired) electrons. The first-order valence-electron chi connectivity index (χ1n) is 4.96. The van der Waals surface area contributed by atoms with Crippen molar-refractivity contribution in [3.8, 4) is 0 Å². The average molecular weight is 269 g/mol. The van der Waals surface area contributed by atoms with Gasteiger partial charge in [0.15, 0.2) is 11.6 Å². The maximum atomic E-state index is 6.03. The average Bonchev–Trinajstić information content (AvgIpc) is 2.58. The molecule has 0 aliphatic rings. The Morgan fingerprint density at radius 3 is 2.41 bits per heavy atom. The van der Waals surface area contributed by atoms with Gasteiger partial charge in [-0.3, -0.25) is 0 Å². The summed E-state index contributed by atoms with van der Waals surface area (Å²) < 4.78 is 1.64. The Morgan fingerprint density at radius 2 is 1.82 bits per heavy atom. The van der Waals surface area contributed by atoms with Gasteiger partial charge in [0.1, 0.15) is 0 Å². The lowest BCUT2D eigenvalue weighted by atomic mass is 10.2. The highest BCUT2D eigenvalue weighted by atomic mass is 35.5. The van der Waals surface area contributed by atoms with Gasteiger partial charge in [0.2, 0.25) is 0 Å². The summed E-state index contributed by atoms with van der Waals surface area (Å²) in [4.78, 5) is 0. The third-order valence-electron chi connectivity index (χ3n) is 2.23. The van der Waals surface area contributed by atoms with E-state index in [-0.39, 0.29) is 0 Å². The zero-order valence-electron chi connectivity index (χ0n) is 9.35. The molecule has 0 aliphatic heterocycles. The molecule has 6 heteroatoms. The number of aryl methyl sites for hydroxylation is 2. The van der Waals surface area contributed by atoms with E-state index >= 15 is 0 Å². The highest BCUT2D eigenvalue weighted by Crippen LogP contribution is 2.19. The van der Waals surface area contributed by atoms with Crippen LogP contribution in [0.2, 0.25) is 10.0 Å². The summed E-state index contributed by atoms with van der Waals surface area (Å²) in [5.41, 5.74) is 0.795. The molecule has 0 saturated heterocycles. The Morgan fingerprint density at radius 1 is 1.18 bits per heavy atom. The van der Waals surface area contributed by atoms with E-state index in [1.54, 1.807) is 23.0 Å². The molecule has 0 unspecified atom stereocenters. The van der Waals surface area contributed by atoms with Gasteiger partial charge in [-0.1, -0.05) is 29.3 Å². The van der Waals surface area contributed by atoms with E-state index in [9.17, 15) is 0 Å². The second kappa shape index (κ2) is 4.85. The van der Waals surface area contributed by atoms with E-state index in [1.807, 2.05) is 19.9 Å². The third kappa shape index (κ3) is 2.65. The molecule has 1 heterocycles. The van der Waals surface area contributed by atoms with Gasteiger partial charge in [0.25, 0.3) is 0 Å². The zero-order chi connectivity index (χ0) is 12.4. The van der Waals surface area contributed by atoms with E-state index in [2.05, 4.69) is 15.3 Å². The summed E-state index contributed by atoms with van der Waals surface area (Å²) in [6, 6.07) is 5.25. The van der Waals surface area contributed by atoms with Gasteiger partial charge in [0.05, 0.1) is 11.2 Å². The Labute approximate surface area is 109 Å². The second-order valence-electron chi connectivity index (χ2n) is 3.52. The van der Waals surface area contributed by atoms with Crippen LogP contribution < -0.4 is 0 Å². The SMILES string of the molecule is Cc1nnc(C)n1/N=C/c1ccc(Cl)cc1Cl. The largest absolute Gasteiger partial charge is 0.202 e. The predicted octanol–water partition coefficient (Wildman–Crippen LogP) is 3.08. The van der Waals surface area contributed by atoms with Crippen molar-refractivity contribution < 1.29 is 0 Å². The van der Waals surface area contributed by atoms with Crippen molar-refractivity contribution in [2.24, 2.45) is 5.10 Å². The standard InChI is InChI=1S/C11H10Cl2N4/c1-7-15-16-8(2)17(7)14-6-9-3-4-10(12)5-11(9)13/h3-6H,1-2H3/b14-6+. The molecule has 0 saturated carbocycles. The van der Waals surface area contributed by atoms with Crippen LogP contribution in [-0.2, 0) is 0 Å². The Hall–Kier alpha value is -1.39. The lowest BCUT2D eigenvalue weighted by Gasteiger charge is -2.00. The van der Waals surface area contributed by atoms with Crippen LogP contribution in [0.5, 0.6) is 0 Å². The van der Waals surface area contributed by atoms with E-state index < -0.39 is 0 Å². The molecule has 0 aliphatic carbocycles. The molecular formula is C11H10Cl2N4. The van der Waals surface area contributed by atoms with Crippen molar-refractivity contribution in [3.63, 3.8) is 0 Å². The molecule has 0 atom stereocenters. The van der Waals surface area contributed by atoms with Gasteiger partial charge in [-0.2, -0.15) is 5.10 Å². The lowest BCUT2D eigenvalue weighted by molar-refractivity contribution is 0.799. The summed E-state index contributed by atoms with van der Waals surface area (Å²) in [7, 11) is 0. The van der Waals surface area contributed by atoms with Crippen LogP contribution in [0.3, 0.4) is 0 Å². The van der Waals surface area contributed by atoms with Crippen LogP contribution >= 0.6 is 23.2 Å². The minimum atomic E-state index is 0.560. The van der Waals surface area contributed by atoms with Gasteiger partial charge in [-0.05, 0) is 26.0 Å². The van der Waals surface area contributed by atoms with E-state index in [0.717, 1.165) is 17.2 Å². The Balaban J connectivity index is 2.32. The normalized spacial score (nSPS) is 11.3. The van der Waals surface area contributed by atoms with Crippen LogP contribution in [0.15, 0.2) is 23.3 Å². The minimum absolute atomic E-state index is 0.560. The first-order chi connectivity index (χ1) is 8.08. The zero-order valence-corrected chi connectivity index (χ0v) is 10.9. The number of hydrogen-bond acceptors (Lipinski definition) is 3. The van der Waals surface area contributed by atoms with Gasteiger partial charge in [0, 0.05) is 10.6 Å². The van der Waals surface area contributed by atoms with Crippen LogP contribution in [0.25, 0.3) is 0 Å². The van der Waals surface area contributed by atoms with E-state index in [4.69, 9.17) is 23.2 Å². The van der Waals surface area contributed by atoms with Crippen molar-refractivity contribution >= 4 is 29.4 Å². The summed E-state index contributed by atoms with van der Waals surface area (Å²) in [6.45, 7) is 3.67. The lowest BCUT2D eigenvalue weighted by Crippen LogP contribution is -1.96. The Kier molecular flexibility index (Phi) is 3.45. The summed E-state index contributed by atoms with van der Waals surface area (Å²) >= 11 is 11.8. The molecule has 1 aromatic carbocycles. The quantitative estimate of drug-likeness (QED) is 0.786. The number of aromatic nitrogens is 3. The molecule has 88 valence electrons. The molecule has 0 bridgehead atoms.